The first-order valence-corrected chi connectivity index (χ1v) is 9.95. The Balaban J connectivity index is 1.41. The smallest absolute Gasteiger partial charge is 0.365 e. The molecule has 0 aliphatic carbocycles. The number of carbonyl (C=O) groups is 1. The van der Waals surface area contributed by atoms with Crippen LogP contribution in [0.15, 0.2) is 53.1 Å². The molecule has 168 valence electrons. The van der Waals surface area contributed by atoms with Gasteiger partial charge in [0, 0.05) is 18.5 Å². The van der Waals surface area contributed by atoms with Crippen molar-refractivity contribution in [3.05, 3.63) is 71.4 Å². The van der Waals surface area contributed by atoms with Gasteiger partial charge in [0.15, 0.2) is 6.10 Å². The number of hydrogen-bond donors (Lipinski definition) is 0. The molecule has 1 fully saturated rings. The average Bonchev–Trinajstić information content (AvgIpc) is 3.28. The summed E-state index contributed by atoms with van der Waals surface area (Å²) in [5.41, 5.74) is -0.196. The molecule has 3 aromatic rings. The molecule has 1 amide bonds. The van der Waals surface area contributed by atoms with E-state index in [-0.39, 0.29) is 55.0 Å². The lowest BCUT2D eigenvalue weighted by molar-refractivity contribution is -0.140. The molecule has 4 rings (SSSR count). The number of rotatable bonds is 5. The van der Waals surface area contributed by atoms with E-state index in [0.717, 1.165) is 12.1 Å². The van der Waals surface area contributed by atoms with Gasteiger partial charge in [-0.25, -0.2) is 4.39 Å². The van der Waals surface area contributed by atoms with Gasteiger partial charge in [-0.2, -0.15) is 18.2 Å². The van der Waals surface area contributed by atoms with Crippen LogP contribution in [0.5, 0.6) is 0 Å². The van der Waals surface area contributed by atoms with E-state index in [9.17, 15) is 22.4 Å². The van der Waals surface area contributed by atoms with E-state index in [4.69, 9.17) is 9.26 Å². The second kappa shape index (κ2) is 9.07. The van der Waals surface area contributed by atoms with Gasteiger partial charge in [-0.05, 0) is 30.2 Å². The Bertz CT molecular complexity index is 1100. The van der Waals surface area contributed by atoms with E-state index in [1.54, 1.807) is 23.1 Å². The number of benzene rings is 2. The molecule has 0 radical (unpaired) electrons. The quantitative estimate of drug-likeness (QED) is 0.540. The molecule has 0 saturated carbocycles. The molecule has 10 heteroatoms. The molecule has 0 unspecified atom stereocenters. The van der Waals surface area contributed by atoms with E-state index in [1.165, 1.54) is 18.2 Å². The molecule has 1 aliphatic heterocycles. The normalized spacial score (nSPS) is 16.9. The Labute approximate surface area is 180 Å². The fourth-order valence-corrected chi connectivity index (χ4v) is 3.44. The molecule has 1 atom stereocenters. The molecule has 2 heterocycles. The highest BCUT2D eigenvalue weighted by molar-refractivity contribution is 5.76. The number of carbonyl (C=O) groups excluding carboxylic acids is 1. The van der Waals surface area contributed by atoms with E-state index in [0.29, 0.717) is 12.1 Å². The Morgan fingerprint density at radius 1 is 1.16 bits per heavy atom. The summed E-state index contributed by atoms with van der Waals surface area (Å²) in [6.07, 6.45) is -4.78. The third kappa shape index (κ3) is 4.96. The number of aryl methyl sites for hydroxylation is 1. The van der Waals surface area contributed by atoms with Crippen molar-refractivity contribution < 1.29 is 31.6 Å². The maximum Gasteiger partial charge on any atom is 0.416 e. The van der Waals surface area contributed by atoms with Gasteiger partial charge in [0.05, 0.1) is 18.7 Å². The van der Waals surface area contributed by atoms with Gasteiger partial charge in [-0.1, -0.05) is 35.5 Å². The van der Waals surface area contributed by atoms with Crippen LogP contribution in [0.4, 0.5) is 17.6 Å². The summed E-state index contributed by atoms with van der Waals surface area (Å²) in [5, 5.41) is 3.76. The second-order valence-electron chi connectivity index (χ2n) is 7.33. The van der Waals surface area contributed by atoms with Crippen LogP contribution in [0, 0.1) is 5.82 Å². The molecule has 32 heavy (non-hydrogen) atoms. The van der Waals surface area contributed by atoms with Crippen LogP contribution in [-0.2, 0) is 22.1 Å². The summed E-state index contributed by atoms with van der Waals surface area (Å²) >= 11 is 0. The maximum atomic E-state index is 13.8. The van der Waals surface area contributed by atoms with E-state index in [2.05, 4.69) is 10.1 Å². The first-order valence-electron chi connectivity index (χ1n) is 9.95. The fraction of sp³-hybridized carbons (Fsp3) is 0.318. The standard InChI is InChI=1S/C22H19F4N3O3/c23-17-7-2-1-4-14(17)8-9-19(30)29-10-11-31-18(13-29)21-27-20(28-32-21)15-5-3-6-16(12-15)22(24,25)26/h1-7,12,18H,8-11,13H2/t18-/m1/s1. The fourth-order valence-electron chi connectivity index (χ4n) is 3.44. The largest absolute Gasteiger partial charge is 0.416 e. The van der Waals surface area contributed by atoms with Crippen molar-refractivity contribution in [1.29, 1.82) is 0 Å². The Morgan fingerprint density at radius 3 is 2.75 bits per heavy atom. The summed E-state index contributed by atoms with van der Waals surface area (Å²) in [7, 11) is 0. The number of nitrogens with zero attached hydrogens (tertiary/aromatic N) is 3. The van der Waals surface area contributed by atoms with Crippen LogP contribution < -0.4 is 0 Å². The Hall–Kier alpha value is -3.27. The molecule has 0 spiro atoms. The second-order valence-corrected chi connectivity index (χ2v) is 7.33. The minimum atomic E-state index is -4.49. The number of halogens is 4. The first-order chi connectivity index (χ1) is 15.3. The van der Waals surface area contributed by atoms with Crippen molar-refractivity contribution >= 4 is 5.91 Å². The summed E-state index contributed by atoms with van der Waals surface area (Å²) in [5.74, 6) is -0.450. The molecule has 1 saturated heterocycles. The lowest BCUT2D eigenvalue weighted by Crippen LogP contribution is -2.42. The predicted octanol–water partition coefficient (Wildman–Crippen LogP) is 4.43. The van der Waals surface area contributed by atoms with Gasteiger partial charge in [0.25, 0.3) is 5.89 Å². The van der Waals surface area contributed by atoms with Gasteiger partial charge >= 0.3 is 6.18 Å². The Kier molecular flexibility index (Phi) is 6.22. The zero-order chi connectivity index (χ0) is 22.7. The van der Waals surface area contributed by atoms with E-state index in [1.807, 2.05) is 0 Å². The minimum Gasteiger partial charge on any atom is -0.365 e. The summed E-state index contributed by atoms with van der Waals surface area (Å²) in [6.45, 7) is 0.749. The van der Waals surface area contributed by atoms with Crippen LogP contribution in [0.25, 0.3) is 11.4 Å². The van der Waals surface area contributed by atoms with Crippen LogP contribution in [-0.4, -0.2) is 40.6 Å². The third-order valence-electron chi connectivity index (χ3n) is 5.15. The van der Waals surface area contributed by atoms with Crippen molar-refractivity contribution in [3.8, 4) is 11.4 Å². The third-order valence-corrected chi connectivity index (χ3v) is 5.15. The molecular weight excluding hydrogens is 430 g/mol. The minimum absolute atomic E-state index is 0.00213. The van der Waals surface area contributed by atoms with Crippen LogP contribution in [0.3, 0.4) is 0 Å². The predicted molar refractivity (Wildman–Crippen MR) is 105 cm³/mol. The highest BCUT2D eigenvalue weighted by Gasteiger charge is 2.32. The lowest BCUT2D eigenvalue weighted by atomic mass is 10.1. The van der Waals surface area contributed by atoms with Crippen molar-refractivity contribution in [1.82, 2.24) is 15.0 Å². The summed E-state index contributed by atoms with van der Waals surface area (Å²) < 4.78 is 63.4. The van der Waals surface area contributed by atoms with Crippen LogP contribution in [0.1, 0.15) is 29.5 Å². The van der Waals surface area contributed by atoms with Crippen molar-refractivity contribution in [2.45, 2.75) is 25.1 Å². The van der Waals surface area contributed by atoms with Crippen molar-refractivity contribution in [2.24, 2.45) is 0 Å². The van der Waals surface area contributed by atoms with Gasteiger partial charge < -0.3 is 14.2 Å². The number of aromatic nitrogens is 2. The van der Waals surface area contributed by atoms with Crippen LogP contribution in [0.2, 0.25) is 0 Å². The van der Waals surface area contributed by atoms with Crippen molar-refractivity contribution in [2.75, 3.05) is 19.7 Å². The van der Waals surface area contributed by atoms with E-state index < -0.39 is 17.8 Å². The summed E-state index contributed by atoms with van der Waals surface area (Å²) in [4.78, 5) is 18.3. The monoisotopic (exact) mass is 449 g/mol. The molecule has 2 aromatic carbocycles. The van der Waals surface area contributed by atoms with Gasteiger partial charge in [0.2, 0.25) is 11.7 Å². The lowest BCUT2D eigenvalue weighted by Gasteiger charge is -2.31. The SMILES string of the molecule is O=C(CCc1ccccc1F)N1CCO[C@@H](c2nc(-c3cccc(C(F)(F)F)c3)no2)C1. The molecule has 1 aromatic heterocycles. The topological polar surface area (TPSA) is 68.5 Å². The summed E-state index contributed by atoms with van der Waals surface area (Å²) in [6, 6.07) is 10.9. The number of alkyl halides is 3. The number of morpholine rings is 1. The highest BCUT2D eigenvalue weighted by Crippen LogP contribution is 2.32. The molecule has 6 nitrogen and oxygen atoms in total. The molecule has 0 bridgehead atoms. The average molecular weight is 449 g/mol. The molecular formula is C22H19F4N3O3. The zero-order valence-electron chi connectivity index (χ0n) is 16.8. The Morgan fingerprint density at radius 2 is 1.97 bits per heavy atom. The zero-order valence-corrected chi connectivity index (χ0v) is 16.8. The van der Waals surface area contributed by atoms with Gasteiger partial charge in [-0.15, -0.1) is 0 Å². The number of amides is 1. The van der Waals surface area contributed by atoms with Crippen molar-refractivity contribution in [3.63, 3.8) is 0 Å². The first kappa shape index (κ1) is 21.9. The maximum absolute atomic E-state index is 13.8. The highest BCUT2D eigenvalue weighted by atomic mass is 19.4. The molecule has 1 aliphatic rings. The van der Waals surface area contributed by atoms with E-state index >= 15 is 0 Å². The molecule has 0 N–H and O–H groups in total. The number of ether oxygens (including phenoxy) is 1. The number of hydrogen-bond acceptors (Lipinski definition) is 5. The van der Waals surface area contributed by atoms with Crippen LogP contribution >= 0.6 is 0 Å². The van der Waals surface area contributed by atoms with Gasteiger partial charge in [-0.3, -0.25) is 4.79 Å². The van der Waals surface area contributed by atoms with Gasteiger partial charge in [0.1, 0.15) is 5.82 Å².